The molecule has 0 saturated carbocycles. The number of pyridine rings is 1. The lowest BCUT2D eigenvalue weighted by Crippen LogP contribution is -2.41. The number of hydrazone groups is 1. The van der Waals surface area contributed by atoms with Crippen molar-refractivity contribution in [3.63, 3.8) is 0 Å². The van der Waals surface area contributed by atoms with Gasteiger partial charge in [0.15, 0.2) is 0 Å². The van der Waals surface area contributed by atoms with Crippen LogP contribution in [0.25, 0.3) is 0 Å². The van der Waals surface area contributed by atoms with Crippen molar-refractivity contribution in [2.75, 3.05) is 19.1 Å². The molecule has 1 heterocycles. The van der Waals surface area contributed by atoms with E-state index < -0.39 is 36.0 Å². The molecule has 0 radical (unpaired) electrons. The predicted molar refractivity (Wildman–Crippen MR) is 206 cm³/mol. The highest BCUT2D eigenvalue weighted by Crippen LogP contribution is 2.32. The zero-order chi connectivity index (χ0) is 37.6. The first-order valence-electron chi connectivity index (χ1n) is 16.6. The van der Waals surface area contributed by atoms with Gasteiger partial charge in [0, 0.05) is 23.9 Å². The lowest BCUT2D eigenvalue weighted by molar-refractivity contribution is -0.143. The van der Waals surface area contributed by atoms with Gasteiger partial charge in [-0.15, -0.1) is 0 Å². The third-order valence-electron chi connectivity index (χ3n) is 8.02. The molecule has 0 aliphatic rings. The van der Waals surface area contributed by atoms with Gasteiger partial charge >= 0.3 is 5.97 Å². The number of carbonyl (C=O) groups is 3. The molecule has 14 heteroatoms. The van der Waals surface area contributed by atoms with Gasteiger partial charge < -0.3 is 15.4 Å². The van der Waals surface area contributed by atoms with Gasteiger partial charge in [-0.05, 0) is 73.4 Å². The Kier molecular flexibility index (Phi) is 13.5. The summed E-state index contributed by atoms with van der Waals surface area (Å²) in [5, 5.41) is 13.2. The summed E-state index contributed by atoms with van der Waals surface area (Å²) in [6.45, 7) is 0.380. The fraction of sp³-hybridized carbons (Fsp3) is 0.154. The number of anilines is 1. The van der Waals surface area contributed by atoms with Crippen LogP contribution in [0.2, 0.25) is 0 Å². The molecule has 53 heavy (non-hydrogen) atoms. The van der Waals surface area contributed by atoms with E-state index in [1.807, 2.05) is 60.7 Å². The summed E-state index contributed by atoms with van der Waals surface area (Å²) in [5.74, 6) is -1.07. The number of hydrogen-bond acceptors (Lipinski definition) is 9. The average Bonchev–Trinajstić information content (AvgIpc) is 3.18. The Morgan fingerprint density at radius 1 is 0.792 bits per heavy atom. The van der Waals surface area contributed by atoms with Gasteiger partial charge in [0.25, 0.3) is 21.9 Å². The second-order valence-corrected chi connectivity index (χ2v) is 15.3. The van der Waals surface area contributed by atoms with E-state index in [0.717, 1.165) is 5.30 Å². The summed E-state index contributed by atoms with van der Waals surface area (Å²) < 4.78 is 37.4. The summed E-state index contributed by atoms with van der Waals surface area (Å²) in [6.07, 6.45) is 3.89. The molecular formula is C39H38N5O7PS. The monoisotopic (exact) mass is 751 g/mol. The first-order chi connectivity index (χ1) is 25.6. The minimum absolute atomic E-state index is 0.164. The van der Waals surface area contributed by atoms with E-state index in [1.54, 1.807) is 6.07 Å². The largest absolute Gasteiger partial charge is 0.467 e. The van der Waals surface area contributed by atoms with E-state index in [9.17, 15) is 27.4 Å². The van der Waals surface area contributed by atoms with E-state index in [0.29, 0.717) is 24.9 Å². The summed E-state index contributed by atoms with van der Waals surface area (Å²) >= 11 is 0. The van der Waals surface area contributed by atoms with Crippen molar-refractivity contribution in [3.8, 4) is 0 Å². The first kappa shape index (κ1) is 38.5. The second kappa shape index (κ2) is 18.7. The third-order valence-corrected chi connectivity index (χ3v) is 11.4. The van der Waals surface area contributed by atoms with E-state index in [4.69, 9.17) is 4.74 Å². The maximum Gasteiger partial charge on any atom is 0.328 e. The topological polar surface area (TPSA) is 176 Å². The molecule has 0 aliphatic carbocycles. The first-order valence-corrected chi connectivity index (χ1v) is 19.4. The number of hydrogen-bond donors (Lipinski definition) is 4. The summed E-state index contributed by atoms with van der Waals surface area (Å²) in [7, 11) is -3.96. The molecule has 1 aromatic heterocycles. The number of ether oxygens (including phenoxy) is 1. The van der Waals surface area contributed by atoms with Crippen molar-refractivity contribution < 1.29 is 32.1 Å². The van der Waals surface area contributed by atoms with E-state index in [-0.39, 0.29) is 34.2 Å². The molecule has 0 fully saturated rings. The number of carbonyl (C=O) groups excluding carboxylic acids is 3. The van der Waals surface area contributed by atoms with Gasteiger partial charge in [0.2, 0.25) is 0 Å². The molecule has 0 spiro atoms. The Morgan fingerprint density at radius 3 is 2.00 bits per heavy atom. The van der Waals surface area contributed by atoms with Crippen LogP contribution in [0.4, 0.5) is 5.82 Å². The number of aromatic nitrogens is 1. The van der Waals surface area contributed by atoms with Crippen molar-refractivity contribution in [2.24, 2.45) is 5.10 Å². The number of benzene rings is 4. The number of nitrogens with zero attached hydrogens (tertiary/aromatic N) is 2. The van der Waals surface area contributed by atoms with Gasteiger partial charge in [-0.25, -0.2) is 9.78 Å². The highest BCUT2D eigenvalue weighted by molar-refractivity contribution is 7.86. The second-order valence-electron chi connectivity index (χ2n) is 11.7. The van der Waals surface area contributed by atoms with E-state index in [2.05, 4.69) is 50.4 Å². The number of methoxy groups -OCH3 is 1. The third kappa shape index (κ3) is 10.9. The maximum absolute atomic E-state index is 12.9. The van der Waals surface area contributed by atoms with Crippen molar-refractivity contribution in [3.05, 3.63) is 144 Å². The van der Waals surface area contributed by atoms with E-state index in [1.165, 1.54) is 60.5 Å². The molecule has 2 amide bonds. The molecular weight excluding hydrogens is 713 g/mol. The lowest BCUT2D eigenvalue weighted by atomic mass is 10.1. The molecule has 272 valence electrons. The van der Waals surface area contributed by atoms with Crippen LogP contribution >= 0.6 is 7.92 Å². The average molecular weight is 752 g/mol. The molecule has 12 nitrogen and oxygen atoms in total. The SMILES string of the molecule is COC(=O)C(CCCCNC(=O)c1ccc(P(c2ccccc2)c2ccccc2)cc1)NC(=O)c1ccc(N/N=C/c2ccccc2S(=O)(=O)O)nc1. The van der Waals surface area contributed by atoms with Crippen LogP contribution in [0.1, 0.15) is 45.5 Å². The summed E-state index contributed by atoms with van der Waals surface area (Å²) in [4.78, 5) is 42.2. The van der Waals surface area contributed by atoms with Crippen LogP contribution in [0.15, 0.2) is 138 Å². The van der Waals surface area contributed by atoms with Crippen molar-refractivity contribution in [1.29, 1.82) is 0 Å². The molecule has 5 aromatic rings. The Morgan fingerprint density at radius 2 is 1.40 bits per heavy atom. The molecule has 4 N–H and O–H groups in total. The fourth-order valence-corrected chi connectivity index (χ4v) is 8.31. The fourth-order valence-electron chi connectivity index (χ4n) is 5.36. The highest BCUT2D eigenvalue weighted by atomic mass is 32.2. The van der Waals surface area contributed by atoms with Crippen LogP contribution in [0.3, 0.4) is 0 Å². The number of esters is 1. The zero-order valence-electron chi connectivity index (χ0n) is 28.8. The molecule has 1 unspecified atom stereocenters. The van der Waals surface area contributed by atoms with Crippen LogP contribution < -0.4 is 32.0 Å². The van der Waals surface area contributed by atoms with Gasteiger partial charge in [-0.3, -0.25) is 19.6 Å². The van der Waals surface area contributed by atoms with E-state index >= 15 is 0 Å². The summed E-state index contributed by atoms with van der Waals surface area (Å²) in [6, 6.07) is 36.2. The van der Waals surface area contributed by atoms with Gasteiger partial charge in [-0.2, -0.15) is 13.5 Å². The summed E-state index contributed by atoms with van der Waals surface area (Å²) in [5.41, 5.74) is 3.53. The molecule has 4 aromatic carbocycles. The Bertz CT molecular complexity index is 2100. The molecule has 0 aliphatic heterocycles. The predicted octanol–water partition coefficient (Wildman–Crippen LogP) is 4.40. The van der Waals surface area contributed by atoms with Gasteiger partial charge in [0.1, 0.15) is 16.8 Å². The van der Waals surface area contributed by atoms with Crippen molar-refractivity contribution in [2.45, 2.75) is 30.2 Å². The molecule has 5 rings (SSSR count). The van der Waals surface area contributed by atoms with Crippen LogP contribution in [0, 0.1) is 0 Å². The number of nitrogens with one attached hydrogen (secondary N) is 3. The maximum atomic E-state index is 12.9. The van der Waals surface area contributed by atoms with Crippen molar-refractivity contribution >= 4 is 63.8 Å². The molecule has 0 saturated heterocycles. The number of rotatable bonds is 16. The van der Waals surface area contributed by atoms with Gasteiger partial charge in [-0.1, -0.05) is 91.0 Å². The Labute approximate surface area is 309 Å². The minimum atomic E-state index is -4.43. The smallest absolute Gasteiger partial charge is 0.328 e. The van der Waals surface area contributed by atoms with Crippen LogP contribution in [-0.4, -0.2) is 61.6 Å². The normalized spacial score (nSPS) is 11.9. The Hall–Kier alpha value is -5.75. The lowest BCUT2D eigenvalue weighted by Gasteiger charge is -2.19. The molecule has 0 bridgehead atoms. The quantitative estimate of drug-likeness (QED) is 0.0284. The molecule has 1 atom stereocenters. The van der Waals surface area contributed by atoms with Crippen LogP contribution in [0.5, 0.6) is 0 Å². The van der Waals surface area contributed by atoms with Gasteiger partial charge in [0.05, 0.1) is 18.9 Å². The highest BCUT2D eigenvalue weighted by Gasteiger charge is 2.22. The number of amides is 2. The zero-order valence-corrected chi connectivity index (χ0v) is 30.5. The van der Waals surface area contributed by atoms with Crippen LogP contribution in [-0.2, 0) is 19.6 Å². The van der Waals surface area contributed by atoms with Crippen molar-refractivity contribution in [1.82, 2.24) is 15.6 Å². The standard InChI is InChI=1S/C39H38N5O7PS/c1-51-39(47)34(43-38(46)30-21-24-36(41-26-30)44-42-27-29-12-8-9-18-35(29)53(48,49)50)17-10-11-25-40-37(45)28-19-22-33(23-20-28)52(31-13-4-2-5-14-31)32-15-6-3-7-16-32/h2-9,12-16,18-24,26-27,34H,10-11,17,25H2,1H3,(H,40,45)(H,41,44)(H,43,46)(H,48,49,50)/b42-27+. The Balaban J connectivity index is 1.09. The number of unbranched alkanes of at least 4 members (excludes halogenated alkanes) is 1. The minimum Gasteiger partial charge on any atom is -0.467 e.